The molecule has 0 saturated carbocycles. The summed E-state index contributed by atoms with van der Waals surface area (Å²) in [6, 6.07) is 17.6. The molecule has 0 unspecified atom stereocenters. The summed E-state index contributed by atoms with van der Waals surface area (Å²) < 4.78 is 1.88. The van der Waals surface area contributed by atoms with E-state index in [9.17, 15) is 9.90 Å². The van der Waals surface area contributed by atoms with Gasteiger partial charge in [0.1, 0.15) is 5.69 Å². The van der Waals surface area contributed by atoms with Crippen LogP contribution in [0.4, 0.5) is 0 Å². The summed E-state index contributed by atoms with van der Waals surface area (Å²) in [7, 11) is 0. The summed E-state index contributed by atoms with van der Waals surface area (Å²) >= 11 is 0. The van der Waals surface area contributed by atoms with Gasteiger partial charge in [-0.1, -0.05) is 47.7 Å². The number of nitrogens with zero attached hydrogens (tertiary/aromatic N) is 4. The van der Waals surface area contributed by atoms with E-state index in [-0.39, 0.29) is 18.7 Å². The number of amides is 1. The lowest BCUT2D eigenvalue weighted by Gasteiger charge is -2.22. The van der Waals surface area contributed by atoms with Crippen LogP contribution in [0.25, 0.3) is 11.3 Å². The van der Waals surface area contributed by atoms with Crippen LogP contribution >= 0.6 is 0 Å². The molecule has 3 N–H and O–H groups in total. The maximum Gasteiger partial charge on any atom is 0.274 e. The van der Waals surface area contributed by atoms with E-state index in [4.69, 9.17) is 5.21 Å². The number of benzene rings is 2. The molecule has 0 spiro atoms. The minimum Gasteiger partial charge on any atom is -0.395 e. The van der Waals surface area contributed by atoms with E-state index in [0.29, 0.717) is 5.56 Å². The van der Waals surface area contributed by atoms with E-state index in [0.717, 1.165) is 43.6 Å². The van der Waals surface area contributed by atoms with Crippen LogP contribution in [0.1, 0.15) is 34.8 Å². The molecule has 0 bridgehead atoms. The lowest BCUT2D eigenvalue weighted by molar-refractivity contribution is 0.0706. The average Bonchev–Trinajstić information content (AvgIpc) is 3.47. The lowest BCUT2D eigenvalue weighted by Crippen LogP contribution is -2.33. The van der Waals surface area contributed by atoms with E-state index in [2.05, 4.69) is 39.5 Å². The molecule has 8 heteroatoms. The Morgan fingerprint density at radius 2 is 1.90 bits per heavy atom. The lowest BCUT2D eigenvalue weighted by atomic mass is 10.1. The summed E-state index contributed by atoms with van der Waals surface area (Å²) in [5.74, 6) is -0.552. The Balaban J connectivity index is 1.37. The quantitative estimate of drug-likeness (QED) is 0.381. The van der Waals surface area contributed by atoms with Crippen molar-refractivity contribution in [3.8, 4) is 11.3 Å². The molecule has 1 fully saturated rings. The summed E-state index contributed by atoms with van der Waals surface area (Å²) in [6.45, 7) is 1.91. The maximum atomic E-state index is 11.5. The van der Waals surface area contributed by atoms with Crippen LogP contribution in [0, 0.1) is 0 Å². The number of nitrogens with one attached hydrogen (secondary N) is 1. The minimum atomic E-state index is -0.552. The Labute approximate surface area is 181 Å². The molecule has 0 radical (unpaired) electrons. The Hall–Kier alpha value is -3.07. The van der Waals surface area contributed by atoms with Crippen molar-refractivity contribution in [2.24, 2.45) is 0 Å². The van der Waals surface area contributed by atoms with Crippen molar-refractivity contribution in [3.63, 3.8) is 0 Å². The first kappa shape index (κ1) is 21.2. The first-order valence-electron chi connectivity index (χ1n) is 10.5. The Kier molecular flexibility index (Phi) is 6.71. The number of hydrogen-bond donors (Lipinski definition) is 3. The molecular weight excluding hydrogens is 394 g/mol. The summed E-state index contributed by atoms with van der Waals surface area (Å²) in [6.07, 6.45) is 4.81. The highest BCUT2D eigenvalue weighted by Crippen LogP contribution is 2.28. The van der Waals surface area contributed by atoms with E-state index >= 15 is 0 Å². The number of aryl methyl sites for hydroxylation is 1. The number of rotatable bonds is 8. The zero-order valence-electron chi connectivity index (χ0n) is 17.3. The van der Waals surface area contributed by atoms with Crippen molar-refractivity contribution >= 4 is 5.91 Å². The number of carbonyl (C=O) groups excluding carboxylic acids is 1. The molecule has 2 atom stereocenters. The average molecular weight is 422 g/mol. The molecule has 1 aliphatic rings. The van der Waals surface area contributed by atoms with Gasteiger partial charge < -0.3 is 5.11 Å². The molecule has 1 aromatic heterocycles. The van der Waals surface area contributed by atoms with E-state index in [1.54, 1.807) is 29.7 Å². The molecule has 8 nitrogen and oxygen atoms in total. The van der Waals surface area contributed by atoms with Crippen molar-refractivity contribution in [1.82, 2.24) is 25.4 Å². The van der Waals surface area contributed by atoms with Crippen LogP contribution in [0.2, 0.25) is 0 Å². The standard InChI is InChI=1S/C23H27N5O3/c29-16-21-13-20(14-27(21)12-4-7-17-5-2-1-3-6-17)28-15-22(24-26-28)18-8-10-19(11-9-18)23(30)25-31/h1-3,5-6,8-11,15,20-21,29,31H,4,7,12-14,16H2,(H,25,30)/t20-,21-/m0/s1. The first-order chi connectivity index (χ1) is 15.2. The molecule has 4 rings (SSSR count). The zero-order valence-corrected chi connectivity index (χ0v) is 17.3. The number of aromatic nitrogens is 3. The fraction of sp³-hybridized carbons (Fsp3) is 0.348. The van der Waals surface area contributed by atoms with Gasteiger partial charge in [-0.3, -0.25) is 14.9 Å². The third-order valence-corrected chi connectivity index (χ3v) is 5.90. The fourth-order valence-corrected chi connectivity index (χ4v) is 4.19. The summed E-state index contributed by atoms with van der Waals surface area (Å²) in [4.78, 5) is 13.8. The van der Waals surface area contributed by atoms with Gasteiger partial charge in [-0.25, -0.2) is 10.2 Å². The van der Waals surface area contributed by atoms with Crippen molar-refractivity contribution < 1.29 is 15.1 Å². The second-order valence-electron chi connectivity index (χ2n) is 7.91. The molecule has 162 valence electrons. The largest absolute Gasteiger partial charge is 0.395 e. The van der Waals surface area contributed by atoms with Gasteiger partial charge in [-0.2, -0.15) is 0 Å². The molecule has 2 heterocycles. The topological polar surface area (TPSA) is 104 Å². The maximum absolute atomic E-state index is 11.5. The predicted molar refractivity (Wildman–Crippen MR) is 116 cm³/mol. The van der Waals surface area contributed by atoms with Crippen molar-refractivity contribution in [2.45, 2.75) is 31.3 Å². The Bertz CT molecular complexity index is 990. The van der Waals surface area contributed by atoms with Gasteiger partial charge in [0.25, 0.3) is 5.91 Å². The van der Waals surface area contributed by atoms with Crippen LogP contribution < -0.4 is 5.48 Å². The first-order valence-corrected chi connectivity index (χ1v) is 10.5. The van der Waals surface area contributed by atoms with Gasteiger partial charge >= 0.3 is 0 Å². The molecule has 1 saturated heterocycles. The SMILES string of the molecule is O=C(NO)c1ccc(-c2cn([C@H]3C[C@@H](CO)N(CCCc4ccccc4)C3)nn2)cc1. The van der Waals surface area contributed by atoms with Crippen LogP contribution in [0.15, 0.2) is 60.8 Å². The number of aliphatic hydroxyl groups excluding tert-OH is 1. The highest BCUT2D eigenvalue weighted by atomic mass is 16.5. The summed E-state index contributed by atoms with van der Waals surface area (Å²) in [5, 5.41) is 27.2. The van der Waals surface area contributed by atoms with Gasteiger partial charge in [0.05, 0.1) is 18.8 Å². The molecular formula is C23H27N5O3. The van der Waals surface area contributed by atoms with Gasteiger partial charge in [-0.05, 0) is 43.5 Å². The smallest absolute Gasteiger partial charge is 0.274 e. The van der Waals surface area contributed by atoms with Crippen LogP contribution in [-0.2, 0) is 6.42 Å². The van der Waals surface area contributed by atoms with Crippen molar-refractivity contribution in [2.75, 3.05) is 19.7 Å². The van der Waals surface area contributed by atoms with Gasteiger partial charge in [-0.15, -0.1) is 5.10 Å². The highest BCUT2D eigenvalue weighted by molar-refractivity contribution is 5.93. The fourth-order valence-electron chi connectivity index (χ4n) is 4.19. The molecule has 1 aliphatic heterocycles. The van der Waals surface area contributed by atoms with E-state index in [1.165, 1.54) is 5.56 Å². The number of aliphatic hydroxyl groups is 1. The number of hydrogen-bond acceptors (Lipinski definition) is 6. The van der Waals surface area contributed by atoms with Crippen LogP contribution in [0.3, 0.4) is 0 Å². The van der Waals surface area contributed by atoms with Gasteiger partial charge in [0, 0.05) is 23.7 Å². The van der Waals surface area contributed by atoms with Crippen LogP contribution in [-0.4, -0.2) is 61.9 Å². The number of carbonyl (C=O) groups is 1. The minimum absolute atomic E-state index is 0.129. The second-order valence-corrected chi connectivity index (χ2v) is 7.91. The van der Waals surface area contributed by atoms with E-state index < -0.39 is 5.91 Å². The molecule has 31 heavy (non-hydrogen) atoms. The van der Waals surface area contributed by atoms with Crippen molar-refractivity contribution in [1.29, 1.82) is 0 Å². The van der Waals surface area contributed by atoms with Crippen LogP contribution in [0.5, 0.6) is 0 Å². The zero-order chi connectivity index (χ0) is 21.6. The molecule has 3 aromatic rings. The van der Waals surface area contributed by atoms with Gasteiger partial charge in [0.15, 0.2) is 0 Å². The molecule has 2 aromatic carbocycles. The number of hydroxylamine groups is 1. The molecule has 1 amide bonds. The highest BCUT2D eigenvalue weighted by Gasteiger charge is 2.33. The Morgan fingerprint density at radius 3 is 2.61 bits per heavy atom. The Morgan fingerprint density at radius 1 is 1.13 bits per heavy atom. The normalized spacial score (nSPS) is 18.9. The predicted octanol–water partition coefficient (Wildman–Crippen LogP) is 2.30. The van der Waals surface area contributed by atoms with Crippen molar-refractivity contribution in [3.05, 3.63) is 71.9 Å². The monoisotopic (exact) mass is 421 g/mol. The number of likely N-dealkylation sites (tertiary alicyclic amines) is 1. The summed E-state index contributed by atoms with van der Waals surface area (Å²) in [5.41, 5.74) is 4.89. The van der Waals surface area contributed by atoms with Gasteiger partial charge in [0.2, 0.25) is 0 Å². The third-order valence-electron chi connectivity index (χ3n) is 5.90. The third kappa shape index (κ3) is 4.99. The second kappa shape index (κ2) is 9.82. The van der Waals surface area contributed by atoms with E-state index in [1.807, 2.05) is 16.9 Å². The molecule has 0 aliphatic carbocycles.